The minimum Gasteiger partial charge on any atom is -0.467 e. The van der Waals surface area contributed by atoms with E-state index in [9.17, 15) is 14.4 Å². The molecule has 0 saturated heterocycles. The Morgan fingerprint density at radius 1 is 1.21 bits per heavy atom. The van der Waals surface area contributed by atoms with Gasteiger partial charge in [-0.2, -0.15) is 4.98 Å². The summed E-state index contributed by atoms with van der Waals surface area (Å²) in [7, 11) is 2.81. The lowest BCUT2D eigenvalue weighted by Gasteiger charge is -2.33. The lowest BCUT2D eigenvalue weighted by atomic mass is 10.1. The van der Waals surface area contributed by atoms with Crippen molar-refractivity contribution in [3.05, 3.63) is 50.7 Å². The van der Waals surface area contributed by atoms with Crippen molar-refractivity contribution in [1.82, 2.24) is 18.7 Å². The van der Waals surface area contributed by atoms with Crippen LogP contribution in [0.4, 0.5) is 11.6 Å². The molecule has 0 radical (unpaired) electrons. The summed E-state index contributed by atoms with van der Waals surface area (Å²) in [5.74, 6) is 0.225. The maximum absolute atomic E-state index is 13.5. The normalized spacial score (nSPS) is 16.6. The molecule has 0 aliphatic carbocycles. The number of anilines is 2. The number of aryl methyl sites for hydroxylation is 2. The summed E-state index contributed by atoms with van der Waals surface area (Å²) < 4.78 is 8.93. The number of nitrogens with zero attached hydrogens (tertiary/aromatic N) is 5. The fraction of sp³-hybridized carbons (Fsp3) is 0.500. The Labute approximate surface area is 192 Å². The van der Waals surface area contributed by atoms with Gasteiger partial charge in [-0.3, -0.25) is 9.36 Å². The molecule has 3 aromatic rings. The van der Waals surface area contributed by atoms with Crippen molar-refractivity contribution in [2.24, 2.45) is 13.0 Å². The molecular formula is C24H31N5O4. The number of ether oxygens (including phenoxy) is 1. The van der Waals surface area contributed by atoms with Gasteiger partial charge in [-0.25, -0.2) is 14.2 Å². The lowest BCUT2D eigenvalue weighted by Crippen LogP contribution is -2.44. The highest BCUT2D eigenvalue weighted by Gasteiger charge is 2.31. The van der Waals surface area contributed by atoms with Crippen LogP contribution in [0.5, 0.6) is 0 Å². The van der Waals surface area contributed by atoms with Crippen molar-refractivity contribution < 1.29 is 9.53 Å². The summed E-state index contributed by atoms with van der Waals surface area (Å²) in [4.78, 5) is 45.4. The van der Waals surface area contributed by atoms with Crippen LogP contribution >= 0.6 is 0 Å². The fourth-order valence-corrected chi connectivity index (χ4v) is 4.53. The maximum Gasteiger partial charge on any atom is 0.333 e. The molecule has 0 bridgehead atoms. The minimum atomic E-state index is -1.04. The number of imidazole rings is 1. The van der Waals surface area contributed by atoms with E-state index in [0.29, 0.717) is 23.7 Å². The van der Waals surface area contributed by atoms with Crippen molar-refractivity contribution in [1.29, 1.82) is 0 Å². The molecule has 0 amide bonds. The van der Waals surface area contributed by atoms with Gasteiger partial charge in [0.25, 0.3) is 5.56 Å². The van der Waals surface area contributed by atoms with E-state index in [-0.39, 0.29) is 5.92 Å². The largest absolute Gasteiger partial charge is 0.467 e. The molecule has 3 heterocycles. The second-order valence-corrected chi connectivity index (χ2v) is 8.90. The van der Waals surface area contributed by atoms with Crippen molar-refractivity contribution in [3.63, 3.8) is 0 Å². The third-order valence-corrected chi connectivity index (χ3v) is 6.39. The van der Waals surface area contributed by atoms with Gasteiger partial charge in [0.2, 0.25) is 5.95 Å². The highest BCUT2D eigenvalue weighted by atomic mass is 16.5. The standard InChI is InChI=1S/C24H31N5O4/c1-6-7-8-17-9-11-18(12-10-17)27-13-15(2)14-28-19-20(25-23(27)28)26(4)24(32)29(21(19)30)16(3)22(31)33-5/h9-12,15-16H,6-8,13-14H2,1-5H3/t15-,16-/m0/s1. The van der Waals surface area contributed by atoms with E-state index in [0.717, 1.165) is 36.1 Å². The number of fused-ring (bicyclic) bond motifs is 3. The van der Waals surface area contributed by atoms with Gasteiger partial charge in [0.15, 0.2) is 11.2 Å². The maximum atomic E-state index is 13.5. The number of carbonyl (C=O) groups is 1. The number of hydrogen-bond acceptors (Lipinski definition) is 6. The van der Waals surface area contributed by atoms with Gasteiger partial charge in [-0.15, -0.1) is 0 Å². The molecule has 33 heavy (non-hydrogen) atoms. The summed E-state index contributed by atoms with van der Waals surface area (Å²) in [5, 5.41) is 0. The molecule has 1 aliphatic heterocycles. The van der Waals surface area contributed by atoms with Crippen LogP contribution < -0.4 is 16.1 Å². The topological polar surface area (TPSA) is 91.4 Å². The highest BCUT2D eigenvalue weighted by Crippen LogP contribution is 2.33. The predicted octanol–water partition coefficient (Wildman–Crippen LogP) is 2.76. The van der Waals surface area contributed by atoms with Gasteiger partial charge < -0.3 is 14.2 Å². The number of methoxy groups -OCH3 is 1. The Balaban J connectivity index is 1.88. The molecule has 0 spiro atoms. The van der Waals surface area contributed by atoms with E-state index in [4.69, 9.17) is 9.72 Å². The number of esters is 1. The Morgan fingerprint density at radius 3 is 2.55 bits per heavy atom. The molecule has 176 valence electrons. The highest BCUT2D eigenvalue weighted by molar-refractivity contribution is 5.78. The third kappa shape index (κ3) is 3.85. The van der Waals surface area contributed by atoms with E-state index in [1.165, 1.54) is 24.2 Å². The van der Waals surface area contributed by atoms with Gasteiger partial charge >= 0.3 is 11.7 Å². The van der Waals surface area contributed by atoms with E-state index in [2.05, 4.69) is 43.0 Å². The van der Waals surface area contributed by atoms with Crippen LogP contribution in [0.2, 0.25) is 0 Å². The molecule has 0 saturated carbocycles. The van der Waals surface area contributed by atoms with Crippen LogP contribution in [0.3, 0.4) is 0 Å². The number of benzene rings is 1. The predicted molar refractivity (Wildman–Crippen MR) is 127 cm³/mol. The third-order valence-electron chi connectivity index (χ3n) is 6.39. The van der Waals surface area contributed by atoms with Crippen LogP contribution in [0.1, 0.15) is 45.2 Å². The first kappa shape index (κ1) is 22.8. The zero-order valence-corrected chi connectivity index (χ0v) is 19.9. The van der Waals surface area contributed by atoms with Crippen LogP contribution in [0.15, 0.2) is 33.9 Å². The number of unbranched alkanes of at least 4 members (excludes halogenated alkanes) is 1. The fourth-order valence-electron chi connectivity index (χ4n) is 4.53. The Hall–Kier alpha value is -3.36. The quantitative estimate of drug-likeness (QED) is 0.533. The lowest BCUT2D eigenvalue weighted by molar-refractivity contribution is -0.144. The van der Waals surface area contributed by atoms with E-state index in [1.807, 2.05) is 4.57 Å². The number of carbonyl (C=O) groups excluding carboxylic acids is 1. The summed E-state index contributed by atoms with van der Waals surface area (Å²) in [6.07, 6.45) is 3.35. The molecule has 2 atom stereocenters. The molecule has 9 nitrogen and oxygen atoms in total. The molecule has 1 aliphatic rings. The first-order valence-corrected chi connectivity index (χ1v) is 11.4. The first-order valence-electron chi connectivity index (χ1n) is 11.4. The summed E-state index contributed by atoms with van der Waals surface area (Å²) in [5.41, 5.74) is 1.79. The van der Waals surface area contributed by atoms with E-state index < -0.39 is 23.3 Å². The van der Waals surface area contributed by atoms with Crippen LogP contribution in [0, 0.1) is 5.92 Å². The zero-order valence-electron chi connectivity index (χ0n) is 19.9. The van der Waals surface area contributed by atoms with Crippen molar-refractivity contribution in [2.75, 3.05) is 18.6 Å². The van der Waals surface area contributed by atoms with Crippen LogP contribution in [-0.4, -0.2) is 38.3 Å². The van der Waals surface area contributed by atoms with Crippen LogP contribution in [0.25, 0.3) is 11.2 Å². The molecule has 0 unspecified atom stereocenters. The van der Waals surface area contributed by atoms with Crippen LogP contribution in [-0.2, 0) is 29.5 Å². The van der Waals surface area contributed by atoms with Gasteiger partial charge in [-0.1, -0.05) is 32.4 Å². The van der Waals surface area contributed by atoms with Crippen molar-refractivity contribution >= 4 is 28.8 Å². The molecule has 0 fully saturated rings. The average Bonchev–Trinajstić information content (AvgIpc) is 3.20. The van der Waals surface area contributed by atoms with Crippen molar-refractivity contribution in [2.45, 2.75) is 52.6 Å². The summed E-state index contributed by atoms with van der Waals surface area (Å²) in [6.45, 7) is 7.13. The van der Waals surface area contributed by atoms with Gasteiger partial charge in [-0.05, 0) is 43.4 Å². The van der Waals surface area contributed by atoms with Gasteiger partial charge in [0, 0.05) is 25.8 Å². The Kier molecular flexibility index (Phi) is 6.14. The van der Waals surface area contributed by atoms with Gasteiger partial charge in [0.1, 0.15) is 6.04 Å². The molecule has 4 rings (SSSR count). The molecule has 9 heteroatoms. The number of hydrogen-bond donors (Lipinski definition) is 0. The smallest absolute Gasteiger partial charge is 0.333 e. The summed E-state index contributed by atoms with van der Waals surface area (Å²) in [6, 6.07) is 7.41. The molecule has 2 aromatic heterocycles. The zero-order chi connectivity index (χ0) is 23.9. The van der Waals surface area contributed by atoms with E-state index >= 15 is 0 Å². The van der Waals surface area contributed by atoms with Crippen molar-refractivity contribution in [3.8, 4) is 0 Å². The SMILES string of the molecule is CCCCc1ccc(N2C[C@H](C)Cn3c2nc2c3c(=O)n([C@@H](C)C(=O)OC)c(=O)n2C)cc1. The Morgan fingerprint density at radius 2 is 1.91 bits per heavy atom. The average molecular weight is 454 g/mol. The Bertz CT molecular complexity index is 1300. The number of rotatable bonds is 6. The van der Waals surface area contributed by atoms with E-state index in [1.54, 1.807) is 7.05 Å². The monoisotopic (exact) mass is 453 g/mol. The van der Waals surface area contributed by atoms with Gasteiger partial charge in [0.05, 0.1) is 7.11 Å². The minimum absolute atomic E-state index is 0.248. The molecule has 1 aromatic carbocycles. The number of aromatic nitrogens is 4. The summed E-state index contributed by atoms with van der Waals surface area (Å²) >= 11 is 0. The first-order chi connectivity index (χ1) is 15.8. The second kappa shape index (κ2) is 8.88. The second-order valence-electron chi connectivity index (χ2n) is 8.90. The molecule has 0 N–H and O–H groups in total. The molecular weight excluding hydrogens is 422 g/mol.